The van der Waals surface area contributed by atoms with Crippen LogP contribution in [0, 0.1) is 5.92 Å². The first-order valence-electron chi connectivity index (χ1n) is 7.62. The zero-order valence-corrected chi connectivity index (χ0v) is 11.8. The first-order chi connectivity index (χ1) is 9.33. The van der Waals surface area contributed by atoms with Crippen LogP contribution >= 0.6 is 0 Å². The molecule has 102 valence electrons. The van der Waals surface area contributed by atoms with Crippen LogP contribution in [0.15, 0.2) is 30.5 Å². The zero-order chi connectivity index (χ0) is 13.1. The van der Waals surface area contributed by atoms with E-state index >= 15 is 0 Å². The maximum atomic E-state index is 3.72. The number of nitrogens with one attached hydrogen (secondary N) is 2. The number of H-pyrrole nitrogens is 1. The highest BCUT2D eigenvalue weighted by Gasteiger charge is 2.19. The van der Waals surface area contributed by atoms with E-state index < -0.39 is 0 Å². The monoisotopic (exact) mass is 256 g/mol. The number of rotatable bonds is 4. The van der Waals surface area contributed by atoms with Gasteiger partial charge in [-0.05, 0) is 54.8 Å². The lowest BCUT2D eigenvalue weighted by Crippen LogP contribution is -2.34. The molecule has 1 aromatic heterocycles. The zero-order valence-electron chi connectivity index (χ0n) is 11.8. The van der Waals surface area contributed by atoms with E-state index in [1.165, 1.54) is 48.6 Å². The normalized spacial score (nSPS) is 18.8. The Morgan fingerprint density at radius 3 is 2.89 bits per heavy atom. The molecule has 2 aromatic rings. The topological polar surface area (TPSA) is 27.8 Å². The van der Waals surface area contributed by atoms with Crippen molar-refractivity contribution in [2.45, 2.75) is 51.6 Å². The Labute approximate surface area is 115 Å². The Morgan fingerprint density at radius 2 is 2.05 bits per heavy atom. The standard InChI is InChI=1S/C17H24N2/c1-13(15-5-3-2-4-6-15)19-12-14-7-8-17-16(11-14)9-10-18-17/h7-11,13,15,18-19H,2-6,12H2,1H3/t13-/m0/s1. The Hall–Kier alpha value is -1.28. The van der Waals surface area contributed by atoms with Crippen LogP contribution in [-0.4, -0.2) is 11.0 Å². The Kier molecular flexibility index (Phi) is 3.88. The first-order valence-corrected chi connectivity index (χ1v) is 7.62. The van der Waals surface area contributed by atoms with Gasteiger partial charge in [-0.3, -0.25) is 0 Å². The molecule has 1 heterocycles. The van der Waals surface area contributed by atoms with Crippen molar-refractivity contribution in [3.63, 3.8) is 0 Å². The number of hydrogen-bond acceptors (Lipinski definition) is 1. The number of benzene rings is 1. The molecule has 2 nitrogen and oxygen atoms in total. The predicted molar refractivity (Wildman–Crippen MR) is 81.2 cm³/mol. The van der Waals surface area contributed by atoms with Gasteiger partial charge in [0.25, 0.3) is 0 Å². The van der Waals surface area contributed by atoms with E-state index in [9.17, 15) is 0 Å². The summed E-state index contributed by atoms with van der Waals surface area (Å²) in [5.41, 5.74) is 2.61. The second kappa shape index (κ2) is 5.79. The Bertz CT molecular complexity index is 523. The van der Waals surface area contributed by atoms with Crippen LogP contribution in [0.25, 0.3) is 10.9 Å². The lowest BCUT2D eigenvalue weighted by Gasteiger charge is -2.28. The van der Waals surface area contributed by atoms with Gasteiger partial charge >= 0.3 is 0 Å². The molecule has 0 amide bonds. The lowest BCUT2D eigenvalue weighted by molar-refractivity contribution is 0.280. The van der Waals surface area contributed by atoms with Crippen LogP contribution in [0.3, 0.4) is 0 Å². The van der Waals surface area contributed by atoms with E-state index in [2.05, 4.69) is 41.5 Å². The Balaban J connectivity index is 1.58. The van der Waals surface area contributed by atoms with E-state index in [4.69, 9.17) is 0 Å². The SMILES string of the molecule is C[C@H](NCc1ccc2[nH]ccc2c1)C1CCCCC1. The second-order valence-corrected chi connectivity index (χ2v) is 5.97. The maximum absolute atomic E-state index is 3.72. The van der Waals surface area contributed by atoms with Gasteiger partial charge in [-0.1, -0.05) is 25.3 Å². The fourth-order valence-corrected chi connectivity index (χ4v) is 3.29. The summed E-state index contributed by atoms with van der Waals surface area (Å²) in [6.45, 7) is 3.34. The number of aromatic nitrogens is 1. The minimum atomic E-state index is 0.641. The molecule has 1 aromatic carbocycles. The van der Waals surface area contributed by atoms with Gasteiger partial charge in [0.2, 0.25) is 0 Å². The van der Waals surface area contributed by atoms with Crippen molar-refractivity contribution < 1.29 is 0 Å². The molecule has 1 aliphatic carbocycles. The smallest absolute Gasteiger partial charge is 0.0454 e. The van der Waals surface area contributed by atoms with Crippen LogP contribution in [0.4, 0.5) is 0 Å². The molecule has 0 aliphatic heterocycles. The van der Waals surface area contributed by atoms with Gasteiger partial charge in [-0.25, -0.2) is 0 Å². The van der Waals surface area contributed by atoms with Gasteiger partial charge in [0.15, 0.2) is 0 Å². The van der Waals surface area contributed by atoms with E-state index in [1.807, 2.05) is 6.20 Å². The Morgan fingerprint density at radius 1 is 1.21 bits per heavy atom. The van der Waals surface area contributed by atoms with E-state index in [1.54, 1.807) is 0 Å². The van der Waals surface area contributed by atoms with E-state index in [0.717, 1.165) is 12.5 Å². The summed E-state index contributed by atoms with van der Waals surface area (Å²) in [6.07, 6.45) is 9.11. The van der Waals surface area contributed by atoms with E-state index in [-0.39, 0.29) is 0 Å². The molecule has 1 aliphatic rings. The molecule has 3 rings (SSSR count). The highest BCUT2D eigenvalue weighted by molar-refractivity contribution is 5.79. The summed E-state index contributed by atoms with van der Waals surface area (Å²) in [6, 6.07) is 9.47. The second-order valence-electron chi connectivity index (χ2n) is 5.97. The summed E-state index contributed by atoms with van der Waals surface area (Å²) in [4.78, 5) is 3.24. The molecular formula is C17H24N2. The minimum absolute atomic E-state index is 0.641. The molecule has 1 fully saturated rings. The molecule has 2 N–H and O–H groups in total. The minimum Gasteiger partial charge on any atom is -0.361 e. The molecule has 1 saturated carbocycles. The average Bonchev–Trinajstić information content (AvgIpc) is 2.93. The lowest BCUT2D eigenvalue weighted by atomic mass is 9.84. The average molecular weight is 256 g/mol. The van der Waals surface area contributed by atoms with Crippen LogP contribution in [0.5, 0.6) is 0 Å². The fourth-order valence-electron chi connectivity index (χ4n) is 3.29. The van der Waals surface area contributed by atoms with Crippen LogP contribution < -0.4 is 5.32 Å². The molecule has 19 heavy (non-hydrogen) atoms. The maximum Gasteiger partial charge on any atom is 0.0454 e. The van der Waals surface area contributed by atoms with Crippen molar-refractivity contribution in [2.75, 3.05) is 0 Å². The highest BCUT2D eigenvalue weighted by Crippen LogP contribution is 2.26. The molecule has 0 bridgehead atoms. The third-order valence-corrected chi connectivity index (χ3v) is 4.60. The van der Waals surface area contributed by atoms with Gasteiger partial charge in [0.1, 0.15) is 0 Å². The van der Waals surface area contributed by atoms with Crippen LogP contribution in [-0.2, 0) is 6.54 Å². The predicted octanol–water partition coefficient (Wildman–Crippen LogP) is 4.23. The fraction of sp³-hybridized carbons (Fsp3) is 0.529. The van der Waals surface area contributed by atoms with Crippen LogP contribution in [0.2, 0.25) is 0 Å². The van der Waals surface area contributed by atoms with Crippen molar-refractivity contribution in [3.8, 4) is 0 Å². The molecule has 0 radical (unpaired) electrons. The number of fused-ring (bicyclic) bond motifs is 1. The van der Waals surface area contributed by atoms with Crippen molar-refractivity contribution in [2.24, 2.45) is 5.92 Å². The summed E-state index contributed by atoms with van der Waals surface area (Å²) < 4.78 is 0. The summed E-state index contributed by atoms with van der Waals surface area (Å²) in [7, 11) is 0. The third kappa shape index (κ3) is 3.01. The number of aromatic amines is 1. The van der Waals surface area contributed by atoms with Gasteiger partial charge < -0.3 is 10.3 Å². The highest BCUT2D eigenvalue weighted by atomic mass is 14.9. The van der Waals surface area contributed by atoms with Crippen molar-refractivity contribution in [1.82, 2.24) is 10.3 Å². The third-order valence-electron chi connectivity index (χ3n) is 4.60. The van der Waals surface area contributed by atoms with Gasteiger partial charge in [0.05, 0.1) is 0 Å². The molecule has 1 atom stereocenters. The molecule has 0 spiro atoms. The molecule has 0 saturated heterocycles. The summed E-state index contributed by atoms with van der Waals surface area (Å²) in [5.74, 6) is 0.879. The number of hydrogen-bond donors (Lipinski definition) is 2. The van der Waals surface area contributed by atoms with Crippen molar-refractivity contribution in [1.29, 1.82) is 0 Å². The largest absolute Gasteiger partial charge is 0.361 e. The molecular weight excluding hydrogens is 232 g/mol. The first kappa shape index (κ1) is 12.7. The van der Waals surface area contributed by atoms with Gasteiger partial charge in [-0.15, -0.1) is 0 Å². The van der Waals surface area contributed by atoms with Gasteiger partial charge in [0, 0.05) is 24.3 Å². The van der Waals surface area contributed by atoms with Crippen molar-refractivity contribution in [3.05, 3.63) is 36.0 Å². The van der Waals surface area contributed by atoms with E-state index in [0.29, 0.717) is 6.04 Å². The summed E-state index contributed by atoms with van der Waals surface area (Å²) >= 11 is 0. The molecule has 0 unspecified atom stereocenters. The van der Waals surface area contributed by atoms with Crippen LogP contribution in [0.1, 0.15) is 44.6 Å². The molecule has 2 heteroatoms. The summed E-state index contributed by atoms with van der Waals surface area (Å²) in [5, 5.41) is 5.03. The van der Waals surface area contributed by atoms with Crippen molar-refractivity contribution >= 4 is 10.9 Å². The van der Waals surface area contributed by atoms with Gasteiger partial charge in [-0.2, -0.15) is 0 Å². The quantitative estimate of drug-likeness (QED) is 0.842.